The third kappa shape index (κ3) is 42.9. The Morgan fingerprint density at radius 1 is 0.596 bits per heavy atom. The molecule has 0 radical (unpaired) electrons. The normalized spacial score (nSPS) is 14.4. The highest BCUT2D eigenvalue weighted by Gasteiger charge is 2.23. The molecule has 0 aromatic rings. The number of hydrogen-bond donors (Lipinski definition) is 2. The molecule has 0 aliphatic rings. The number of nitrogens with one attached hydrogen (secondary N) is 1. The van der Waals surface area contributed by atoms with Crippen LogP contribution >= 0.6 is 7.82 Å². The largest absolute Gasteiger partial charge is 0.756 e. The van der Waals surface area contributed by atoms with Gasteiger partial charge in [0.2, 0.25) is 5.91 Å². The van der Waals surface area contributed by atoms with Gasteiger partial charge in [0, 0.05) is 6.42 Å². The summed E-state index contributed by atoms with van der Waals surface area (Å²) in [4.78, 5) is 25.3. The summed E-state index contributed by atoms with van der Waals surface area (Å²) in [6.45, 7) is 4.66. The minimum absolute atomic E-state index is 0.000622. The van der Waals surface area contributed by atoms with E-state index >= 15 is 0 Å². The Bertz CT molecular complexity index is 984. The van der Waals surface area contributed by atoms with Crippen molar-refractivity contribution in [1.82, 2.24) is 5.32 Å². The van der Waals surface area contributed by atoms with Gasteiger partial charge < -0.3 is 28.8 Å². The van der Waals surface area contributed by atoms with Gasteiger partial charge in [0.15, 0.2) is 0 Å². The van der Waals surface area contributed by atoms with Gasteiger partial charge in [-0.2, -0.15) is 0 Å². The van der Waals surface area contributed by atoms with Gasteiger partial charge in [-0.05, 0) is 44.9 Å². The molecule has 9 heteroatoms. The van der Waals surface area contributed by atoms with Crippen LogP contribution in [0.2, 0.25) is 0 Å². The smallest absolute Gasteiger partial charge is 0.268 e. The second-order valence-corrected chi connectivity index (χ2v) is 19.2. The third-order valence-electron chi connectivity index (χ3n) is 10.9. The molecule has 1 amide bonds. The SMILES string of the molecule is CCCCCCCCCCC/C=C\CCCCCCCCCC(=O)NC(COP(=O)([O-])OCC[N+](C)(C)C)C(O)/C=C/CCCCCCCCCCCCCCC. The Morgan fingerprint density at radius 3 is 1.37 bits per heavy atom. The quantitative estimate of drug-likeness (QED) is 0.0274. The van der Waals surface area contributed by atoms with Gasteiger partial charge in [0.05, 0.1) is 39.9 Å². The van der Waals surface area contributed by atoms with Crippen molar-refractivity contribution < 1.29 is 32.9 Å². The van der Waals surface area contributed by atoms with Gasteiger partial charge in [0.1, 0.15) is 13.2 Å². The summed E-state index contributed by atoms with van der Waals surface area (Å²) in [5.41, 5.74) is 0. The molecule has 0 aliphatic carbocycles. The number of likely N-dealkylation sites (N-methyl/N-ethyl adjacent to an activating group) is 1. The lowest BCUT2D eigenvalue weighted by atomic mass is 10.0. The second-order valence-electron chi connectivity index (χ2n) is 17.8. The van der Waals surface area contributed by atoms with Crippen LogP contribution in [0.4, 0.5) is 0 Å². The monoisotopic (exact) mass is 827 g/mol. The zero-order chi connectivity index (χ0) is 42.1. The number of phosphoric ester groups is 1. The fourth-order valence-corrected chi connectivity index (χ4v) is 7.75. The van der Waals surface area contributed by atoms with Gasteiger partial charge in [-0.25, -0.2) is 0 Å². The molecule has 0 aromatic carbocycles. The van der Waals surface area contributed by atoms with Crippen molar-refractivity contribution >= 4 is 13.7 Å². The average molecular weight is 827 g/mol. The number of carbonyl (C=O) groups is 1. The number of hydrogen-bond acceptors (Lipinski definition) is 6. The van der Waals surface area contributed by atoms with E-state index in [1.807, 2.05) is 27.2 Å². The number of unbranched alkanes of at least 4 members (excludes halogenated alkanes) is 29. The lowest BCUT2D eigenvalue weighted by molar-refractivity contribution is -0.870. The van der Waals surface area contributed by atoms with Crippen molar-refractivity contribution in [2.75, 3.05) is 40.9 Å². The fourth-order valence-electron chi connectivity index (χ4n) is 7.03. The molecule has 0 saturated heterocycles. The molecule has 57 heavy (non-hydrogen) atoms. The maximum Gasteiger partial charge on any atom is 0.268 e. The van der Waals surface area contributed by atoms with Crippen LogP contribution in [0.3, 0.4) is 0 Å². The first-order valence-corrected chi connectivity index (χ1v) is 25.7. The van der Waals surface area contributed by atoms with E-state index in [1.165, 1.54) is 167 Å². The van der Waals surface area contributed by atoms with E-state index in [-0.39, 0.29) is 19.1 Å². The van der Waals surface area contributed by atoms with Crippen molar-refractivity contribution in [1.29, 1.82) is 0 Å². The molecule has 0 aromatic heterocycles. The molecule has 3 atom stereocenters. The molecule has 0 heterocycles. The van der Waals surface area contributed by atoms with Crippen LogP contribution in [0.15, 0.2) is 24.3 Å². The summed E-state index contributed by atoms with van der Waals surface area (Å²) in [5, 5.41) is 13.8. The number of rotatable bonds is 44. The van der Waals surface area contributed by atoms with Crippen LogP contribution in [-0.4, -0.2) is 68.5 Å². The zero-order valence-electron chi connectivity index (χ0n) is 38.3. The van der Waals surface area contributed by atoms with E-state index in [0.29, 0.717) is 17.4 Å². The Kier molecular flexibility index (Phi) is 39.7. The summed E-state index contributed by atoms with van der Waals surface area (Å²) in [7, 11) is 1.26. The average Bonchev–Trinajstić information content (AvgIpc) is 3.16. The molecule has 0 aliphatic heterocycles. The number of amides is 1. The summed E-state index contributed by atoms with van der Waals surface area (Å²) >= 11 is 0. The molecular formula is C48H95N2O6P. The lowest BCUT2D eigenvalue weighted by Crippen LogP contribution is -2.45. The van der Waals surface area contributed by atoms with Gasteiger partial charge in [-0.15, -0.1) is 0 Å². The van der Waals surface area contributed by atoms with Gasteiger partial charge >= 0.3 is 0 Å². The number of phosphoric acid groups is 1. The van der Waals surface area contributed by atoms with Crippen molar-refractivity contribution in [3.8, 4) is 0 Å². The third-order valence-corrected chi connectivity index (χ3v) is 11.9. The highest BCUT2D eigenvalue weighted by atomic mass is 31.2. The minimum Gasteiger partial charge on any atom is -0.756 e. The number of aliphatic hydroxyl groups excluding tert-OH is 1. The van der Waals surface area contributed by atoms with E-state index in [0.717, 1.165) is 38.5 Å². The van der Waals surface area contributed by atoms with E-state index in [4.69, 9.17) is 9.05 Å². The summed E-state index contributed by atoms with van der Waals surface area (Å²) in [5.74, 6) is -0.201. The highest BCUT2D eigenvalue weighted by molar-refractivity contribution is 7.45. The Balaban J connectivity index is 4.34. The molecular weight excluding hydrogens is 732 g/mol. The predicted molar refractivity (Wildman–Crippen MR) is 242 cm³/mol. The number of aliphatic hydroxyl groups is 1. The maximum absolute atomic E-state index is 12.9. The first kappa shape index (κ1) is 56.0. The van der Waals surface area contributed by atoms with Crippen LogP contribution in [0.25, 0.3) is 0 Å². The molecule has 338 valence electrons. The number of carbonyl (C=O) groups excluding carboxylic acids is 1. The molecule has 0 fully saturated rings. The lowest BCUT2D eigenvalue weighted by Gasteiger charge is -2.29. The van der Waals surface area contributed by atoms with Crippen molar-refractivity contribution in [3.63, 3.8) is 0 Å². The molecule has 0 saturated carbocycles. The van der Waals surface area contributed by atoms with Gasteiger partial charge in [0.25, 0.3) is 7.82 Å². The standard InChI is InChI=1S/C48H95N2O6P/c1-6-8-10-12-14-16-18-20-22-23-24-25-26-28-30-32-34-36-38-40-42-48(52)49-46(45-56-57(53,54)55-44-43-50(3,4)5)47(51)41-39-37-35-33-31-29-27-21-19-17-15-13-11-9-7-2/h24-25,39,41,46-47,51H,6-23,26-38,40,42-45H2,1-5H3,(H-,49,52,53,54)/b25-24-,41-39+. The Morgan fingerprint density at radius 2 is 0.965 bits per heavy atom. The zero-order valence-corrected chi connectivity index (χ0v) is 39.2. The van der Waals surface area contributed by atoms with E-state index in [9.17, 15) is 19.4 Å². The first-order valence-electron chi connectivity index (χ1n) is 24.2. The topological polar surface area (TPSA) is 108 Å². The van der Waals surface area contributed by atoms with Gasteiger partial charge in [-0.3, -0.25) is 9.36 Å². The molecule has 0 rings (SSSR count). The van der Waals surface area contributed by atoms with Gasteiger partial charge in [-0.1, -0.05) is 199 Å². The summed E-state index contributed by atoms with van der Waals surface area (Å²) < 4.78 is 23.2. The number of allylic oxidation sites excluding steroid dienone is 3. The summed E-state index contributed by atoms with van der Waals surface area (Å²) in [6, 6.07) is -0.885. The van der Waals surface area contributed by atoms with E-state index in [2.05, 4.69) is 31.3 Å². The van der Waals surface area contributed by atoms with Crippen molar-refractivity contribution in [2.24, 2.45) is 0 Å². The predicted octanol–water partition coefficient (Wildman–Crippen LogP) is 13.1. The minimum atomic E-state index is -4.59. The molecule has 2 N–H and O–H groups in total. The van der Waals surface area contributed by atoms with Crippen LogP contribution in [0.5, 0.6) is 0 Å². The molecule has 8 nitrogen and oxygen atoms in total. The van der Waals surface area contributed by atoms with E-state index in [1.54, 1.807) is 6.08 Å². The fraction of sp³-hybridized carbons (Fsp3) is 0.896. The Labute approximate surface area is 354 Å². The van der Waals surface area contributed by atoms with Crippen molar-refractivity contribution in [3.05, 3.63) is 24.3 Å². The number of quaternary nitrogens is 1. The van der Waals surface area contributed by atoms with Crippen molar-refractivity contribution in [2.45, 2.75) is 238 Å². The van der Waals surface area contributed by atoms with E-state index < -0.39 is 20.0 Å². The maximum atomic E-state index is 12.9. The second kappa shape index (κ2) is 40.4. The molecule has 0 spiro atoms. The van der Waals surface area contributed by atoms with Crippen LogP contribution in [0.1, 0.15) is 226 Å². The number of nitrogens with zero attached hydrogens (tertiary/aromatic N) is 1. The molecule has 0 bridgehead atoms. The summed E-state index contributed by atoms with van der Waals surface area (Å²) in [6.07, 6.45) is 47.9. The van der Waals surface area contributed by atoms with Crippen LogP contribution in [-0.2, 0) is 18.4 Å². The van der Waals surface area contributed by atoms with Crippen LogP contribution < -0.4 is 10.2 Å². The highest BCUT2D eigenvalue weighted by Crippen LogP contribution is 2.38. The first-order chi connectivity index (χ1) is 27.5. The Hall–Kier alpha value is -1.02. The molecule has 3 unspecified atom stereocenters. The van der Waals surface area contributed by atoms with Crippen LogP contribution in [0, 0.1) is 0 Å².